The Hall–Kier alpha value is -2.82. The Bertz CT molecular complexity index is 834. The van der Waals surface area contributed by atoms with Crippen LogP contribution in [0.15, 0.2) is 35.5 Å². The van der Waals surface area contributed by atoms with Crippen LogP contribution in [0.25, 0.3) is 11.2 Å². The molecule has 0 aliphatic carbocycles. The van der Waals surface area contributed by atoms with Crippen molar-refractivity contribution in [1.82, 2.24) is 19.5 Å². The summed E-state index contributed by atoms with van der Waals surface area (Å²) in [5.74, 6) is 1.22. The number of nitrogens with one attached hydrogen (secondary N) is 1. The first-order valence-corrected chi connectivity index (χ1v) is 7.51. The summed E-state index contributed by atoms with van der Waals surface area (Å²) in [7, 11) is 0. The van der Waals surface area contributed by atoms with Crippen molar-refractivity contribution in [2.24, 2.45) is 0 Å². The lowest BCUT2D eigenvalue weighted by Gasteiger charge is -2.19. The molecule has 3 rings (SSSR count). The third kappa shape index (κ3) is 3.65. The zero-order chi connectivity index (χ0) is 17.8. The maximum atomic E-state index is 10.5. The van der Waals surface area contributed by atoms with E-state index in [1.165, 1.54) is 17.2 Å². The second-order valence-corrected chi connectivity index (χ2v) is 5.41. The van der Waals surface area contributed by atoms with Gasteiger partial charge in [0.15, 0.2) is 17.8 Å². The van der Waals surface area contributed by atoms with Crippen LogP contribution in [0.2, 0.25) is 0 Å². The van der Waals surface area contributed by atoms with Crippen LogP contribution in [-0.4, -0.2) is 59.4 Å². The van der Waals surface area contributed by atoms with Gasteiger partial charge in [-0.3, -0.25) is 0 Å². The van der Waals surface area contributed by atoms with Crippen molar-refractivity contribution >= 4 is 23.3 Å². The van der Waals surface area contributed by atoms with Crippen molar-refractivity contribution in [3.63, 3.8) is 0 Å². The number of imidazole rings is 1. The minimum atomic E-state index is -1.66. The fourth-order valence-corrected chi connectivity index (χ4v) is 2.35. The number of hydrogen-bond acceptors (Lipinski definition) is 9. The molecule has 0 aliphatic rings. The molecule has 3 heterocycles. The molecule has 0 aliphatic heterocycles. The molecule has 10 nitrogen and oxygen atoms in total. The molecule has 3 aromatic rings. The molecule has 0 fully saturated rings. The summed E-state index contributed by atoms with van der Waals surface area (Å²) in [6.07, 6.45) is -0.125. The van der Waals surface area contributed by atoms with E-state index in [4.69, 9.17) is 4.42 Å². The first kappa shape index (κ1) is 17.0. The molecule has 0 amide bonds. The summed E-state index contributed by atoms with van der Waals surface area (Å²) in [6.45, 7) is 0.316. The van der Waals surface area contributed by atoms with Gasteiger partial charge in [0, 0.05) is 0 Å². The maximum absolute atomic E-state index is 10.5. The summed E-state index contributed by atoms with van der Waals surface area (Å²) < 4.78 is 6.74. The van der Waals surface area contributed by atoms with Crippen LogP contribution < -0.4 is 5.32 Å². The van der Waals surface area contributed by atoms with E-state index in [1.807, 2.05) is 6.07 Å². The molecule has 0 bridgehead atoms. The number of fused-ring (bicyclic) bond motifs is 1. The number of carbonyl (C=O) groups excluding carboxylic acids is 1. The minimum Gasteiger partial charge on any atom is -0.467 e. The number of aldehydes is 1. The zero-order valence-corrected chi connectivity index (χ0v) is 13.1. The van der Waals surface area contributed by atoms with Gasteiger partial charge < -0.3 is 34.4 Å². The minimum absolute atomic E-state index is 0.1000. The number of hydrogen-bond donors (Lipinski definition) is 4. The van der Waals surface area contributed by atoms with Gasteiger partial charge in [0.05, 0.1) is 25.7 Å². The van der Waals surface area contributed by atoms with Crippen molar-refractivity contribution < 1.29 is 24.5 Å². The van der Waals surface area contributed by atoms with Crippen molar-refractivity contribution in [1.29, 1.82) is 0 Å². The third-order valence-corrected chi connectivity index (χ3v) is 3.68. The number of nitrogens with zero attached hydrogens (tertiary/aromatic N) is 4. The standard InChI is InChI=1S/C15H17N5O5/c21-6-11(23)13(24)10(22)5-20-8-19-12-14(17-7-18-15(12)20)16-4-9-2-1-3-25-9/h1-3,6-8,10-11,13,22-24H,4-5H2,(H,16,17,18)/t10-,11+,13-/m1/s1. The van der Waals surface area contributed by atoms with Gasteiger partial charge in [0.25, 0.3) is 0 Å². The summed E-state index contributed by atoms with van der Waals surface area (Å²) in [5.41, 5.74) is 0.912. The predicted molar refractivity (Wildman–Crippen MR) is 85.4 cm³/mol. The van der Waals surface area contributed by atoms with Crippen molar-refractivity contribution in [2.45, 2.75) is 31.4 Å². The topological polar surface area (TPSA) is 147 Å². The van der Waals surface area contributed by atoms with Gasteiger partial charge in [-0.2, -0.15) is 0 Å². The maximum Gasteiger partial charge on any atom is 0.165 e. The Labute approximate surface area is 141 Å². The second-order valence-electron chi connectivity index (χ2n) is 5.41. The van der Waals surface area contributed by atoms with Crippen LogP contribution in [0, 0.1) is 0 Å². The van der Waals surface area contributed by atoms with Crippen LogP contribution in [0.3, 0.4) is 0 Å². The zero-order valence-electron chi connectivity index (χ0n) is 13.1. The number of rotatable bonds is 8. The van der Waals surface area contributed by atoms with E-state index in [-0.39, 0.29) is 12.8 Å². The SMILES string of the molecule is O=C[C@H](O)[C@H](O)[C@H](O)Cn1cnc2c(NCc3ccco3)ncnc21. The molecule has 0 saturated carbocycles. The van der Waals surface area contributed by atoms with Gasteiger partial charge in [0.2, 0.25) is 0 Å². The molecule has 3 aromatic heterocycles. The molecule has 4 N–H and O–H groups in total. The highest BCUT2D eigenvalue weighted by molar-refractivity contribution is 5.82. The highest BCUT2D eigenvalue weighted by atomic mass is 16.4. The van der Waals surface area contributed by atoms with Gasteiger partial charge in [-0.05, 0) is 12.1 Å². The normalized spacial score (nSPS) is 15.0. The molecule has 3 atom stereocenters. The quantitative estimate of drug-likeness (QED) is 0.389. The Morgan fingerprint density at radius 2 is 2.12 bits per heavy atom. The lowest BCUT2D eigenvalue weighted by atomic mass is 10.1. The number of aromatic nitrogens is 4. The molecule has 0 saturated heterocycles. The molecule has 132 valence electrons. The Balaban J connectivity index is 1.77. The van der Waals surface area contributed by atoms with E-state index in [9.17, 15) is 20.1 Å². The molecule has 0 spiro atoms. The number of anilines is 1. The van der Waals surface area contributed by atoms with Crippen LogP contribution in [0.5, 0.6) is 0 Å². The van der Waals surface area contributed by atoms with E-state index in [0.29, 0.717) is 23.5 Å². The van der Waals surface area contributed by atoms with Crippen molar-refractivity contribution in [2.75, 3.05) is 5.32 Å². The Morgan fingerprint density at radius 3 is 2.84 bits per heavy atom. The summed E-state index contributed by atoms with van der Waals surface area (Å²) in [4.78, 5) is 23.0. The molecule has 25 heavy (non-hydrogen) atoms. The average molecular weight is 347 g/mol. The van der Waals surface area contributed by atoms with Crippen LogP contribution >= 0.6 is 0 Å². The summed E-state index contributed by atoms with van der Waals surface area (Å²) in [5, 5.41) is 32.0. The molecular weight excluding hydrogens is 330 g/mol. The van der Waals surface area contributed by atoms with E-state index < -0.39 is 18.3 Å². The third-order valence-electron chi connectivity index (χ3n) is 3.68. The highest BCUT2D eigenvalue weighted by Gasteiger charge is 2.25. The van der Waals surface area contributed by atoms with Crippen molar-refractivity contribution in [3.05, 3.63) is 36.8 Å². The lowest BCUT2D eigenvalue weighted by Crippen LogP contribution is -2.40. The van der Waals surface area contributed by atoms with Crippen LogP contribution in [0.4, 0.5) is 5.82 Å². The highest BCUT2D eigenvalue weighted by Crippen LogP contribution is 2.19. The first-order valence-electron chi connectivity index (χ1n) is 7.51. The smallest absolute Gasteiger partial charge is 0.165 e. The van der Waals surface area contributed by atoms with Gasteiger partial charge in [-0.25, -0.2) is 15.0 Å². The van der Waals surface area contributed by atoms with Gasteiger partial charge >= 0.3 is 0 Å². The number of carbonyl (C=O) groups is 1. The van der Waals surface area contributed by atoms with Gasteiger partial charge in [0.1, 0.15) is 35.9 Å². The first-order chi connectivity index (χ1) is 12.1. The van der Waals surface area contributed by atoms with E-state index in [1.54, 1.807) is 12.3 Å². The van der Waals surface area contributed by atoms with E-state index in [0.717, 1.165) is 5.76 Å². The predicted octanol–water partition coefficient (Wildman–Crippen LogP) is -0.687. The number of furan rings is 1. The van der Waals surface area contributed by atoms with Gasteiger partial charge in [-0.1, -0.05) is 0 Å². The Kier molecular flexibility index (Phi) is 5.03. The molecule has 0 aromatic carbocycles. The molecule has 0 radical (unpaired) electrons. The largest absolute Gasteiger partial charge is 0.467 e. The fraction of sp³-hybridized carbons (Fsp3) is 0.333. The lowest BCUT2D eigenvalue weighted by molar-refractivity contribution is -0.126. The van der Waals surface area contributed by atoms with E-state index in [2.05, 4.69) is 20.3 Å². The Morgan fingerprint density at radius 1 is 1.28 bits per heavy atom. The van der Waals surface area contributed by atoms with Gasteiger partial charge in [-0.15, -0.1) is 0 Å². The molecule has 10 heteroatoms. The summed E-state index contributed by atoms with van der Waals surface area (Å²) >= 11 is 0. The van der Waals surface area contributed by atoms with E-state index >= 15 is 0 Å². The monoisotopic (exact) mass is 347 g/mol. The fourth-order valence-electron chi connectivity index (χ4n) is 2.35. The van der Waals surface area contributed by atoms with Crippen LogP contribution in [-0.2, 0) is 17.9 Å². The number of aliphatic hydroxyl groups excluding tert-OH is 3. The van der Waals surface area contributed by atoms with Crippen LogP contribution in [0.1, 0.15) is 5.76 Å². The van der Waals surface area contributed by atoms with Crippen molar-refractivity contribution in [3.8, 4) is 0 Å². The summed E-state index contributed by atoms with van der Waals surface area (Å²) in [6, 6.07) is 3.60. The molecule has 0 unspecified atom stereocenters. The number of aliphatic hydroxyl groups is 3. The second kappa shape index (κ2) is 7.38. The molecular formula is C15H17N5O5. The average Bonchev–Trinajstić information content (AvgIpc) is 3.29.